The number of anilines is 1. The van der Waals surface area contributed by atoms with Crippen LogP contribution in [0.1, 0.15) is 22.3 Å². The van der Waals surface area contributed by atoms with Crippen LogP contribution in [0.15, 0.2) is 36.4 Å². The molecule has 0 bridgehead atoms. The maximum atomic E-state index is 12.7. The molecule has 2 aromatic carbocycles. The monoisotopic (exact) mass is 295 g/mol. The molecule has 0 heterocycles. The van der Waals surface area contributed by atoms with E-state index in [9.17, 15) is 13.2 Å². The van der Waals surface area contributed by atoms with Gasteiger partial charge in [0, 0.05) is 11.3 Å². The first-order chi connectivity index (χ1) is 9.79. The van der Waals surface area contributed by atoms with Crippen LogP contribution in [0.4, 0.5) is 18.9 Å². The number of ether oxygens (including phenoxy) is 1. The molecular formula is C16H16F3NO. The first-order valence-corrected chi connectivity index (χ1v) is 6.43. The maximum absolute atomic E-state index is 12.7. The highest BCUT2D eigenvalue weighted by molar-refractivity contribution is 5.56. The number of aryl methyl sites for hydroxylation is 1. The molecule has 0 saturated heterocycles. The molecule has 0 aliphatic heterocycles. The number of hydrogen-bond donors (Lipinski definition) is 1. The predicted molar refractivity (Wildman–Crippen MR) is 76.1 cm³/mol. The molecule has 112 valence electrons. The van der Waals surface area contributed by atoms with E-state index in [1.54, 1.807) is 12.1 Å². The van der Waals surface area contributed by atoms with Crippen LogP contribution in [0.5, 0.6) is 5.75 Å². The van der Waals surface area contributed by atoms with Crippen molar-refractivity contribution >= 4 is 5.69 Å². The SMILES string of the molecule is Cc1ccc(N)c(C)c1OCc1cccc(C(F)(F)F)c1. The first kappa shape index (κ1) is 15.2. The molecule has 0 aromatic heterocycles. The molecule has 0 aliphatic carbocycles. The summed E-state index contributed by atoms with van der Waals surface area (Å²) in [5, 5.41) is 0. The van der Waals surface area contributed by atoms with Crippen LogP contribution >= 0.6 is 0 Å². The van der Waals surface area contributed by atoms with Gasteiger partial charge < -0.3 is 10.5 Å². The number of nitrogen functional groups attached to an aromatic ring is 1. The Morgan fingerprint density at radius 3 is 2.48 bits per heavy atom. The summed E-state index contributed by atoms with van der Waals surface area (Å²) in [7, 11) is 0. The van der Waals surface area contributed by atoms with Crippen molar-refractivity contribution in [2.75, 3.05) is 5.73 Å². The molecule has 0 fully saturated rings. The molecule has 2 N–H and O–H groups in total. The van der Waals surface area contributed by atoms with E-state index >= 15 is 0 Å². The molecule has 0 atom stereocenters. The van der Waals surface area contributed by atoms with Crippen molar-refractivity contribution in [2.24, 2.45) is 0 Å². The summed E-state index contributed by atoms with van der Waals surface area (Å²) in [6.45, 7) is 3.76. The van der Waals surface area contributed by atoms with Crippen molar-refractivity contribution < 1.29 is 17.9 Å². The van der Waals surface area contributed by atoms with E-state index in [0.29, 0.717) is 17.0 Å². The van der Waals surface area contributed by atoms with Gasteiger partial charge in [0.05, 0.1) is 5.56 Å². The molecule has 2 nitrogen and oxygen atoms in total. The molecule has 0 amide bonds. The number of benzene rings is 2. The van der Waals surface area contributed by atoms with Crippen molar-refractivity contribution in [3.05, 3.63) is 58.7 Å². The van der Waals surface area contributed by atoms with Gasteiger partial charge in [-0.1, -0.05) is 18.2 Å². The third-order valence-electron chi connectivity index (χ3n) is 3.28. The number of rotatable bonds is 3. The van der Waals surface area contributed by atoms with Gasteiger partial charge >= 0.3 is 6.18 Å². The second kappa shape index (κ2) is 5.68. The van der Waals surface area contributed by atoms with Crippen molar-refractivity contribution in [1.82, 2.24) is 0 Å². The summed E-state index contributed by atoms with van der Waals surface area (Å²) in [6, 6.07) is 8.72. The van der Waals surface area contributed by atoms with E-state index in [0.717, 1.165) is 23.3 Å². The average molecular weight is 295 g/mol. The van der Waals surface area contributed by atoms with Gasteiger partial charge in [0.15, 0.2) is 0 Å². The minimum absolute atomic E-state index is 0.0645. The van der Waals surface area contributed by atoms with Gasteiger partial charge in [-0.05, 0) is 43.2 Å². The minimum Gasteiger partial charge on any atom is -0.488 e. The highest BCUT2D eigenvalue weighted by Gasteiger charge is 2.30. The summed E-state index contributed by atoms with van der Waals surface area (Å²) < 4.78 is 43.6. The number of hydrogen-bond acceptors (Lipinski definition) is 2. The van der Waals surface area contributed by atoms with Gasteiger partial charge in [-0.2, -0.15) is 13.2 Å². The second-order valence-corrected chi connectivity index (χ2v) is 4.91. The minimum atomic E-state index is -4.35. The third-order valence-corrected chi connectivity index (χ3v) is 3.28. The number of nitrogens with two attached hydrogens (primary N) is 1. The maximum Gasteiger partial charge on any atom is 0.416 e. The molecule has 5 heteroatoms. The van der Waals surface area contributed by atoms with Gasteiger partial charge in [-0.15, -0.1) is 0 Å². The van der Waals surface area contributed by atoms with Crippen molar-refractivity contribution in [1.29, 1.82) is 0 Å². The zero-order valence-electron chi connectivity index (χ0n) is 11.8. The average Bonchev–Trinajstić information content (AvgIpc) is 2.42. The standard InChI is InChI=1S/C16H16F3NO/c1-10-6-7-14(20)11(2)15(10)21-9-12-4-3-5-13(8-12)16(17,18)19/h3-8H,9,20H2,1-2H3. The van der Waals surface area contributed by atoms with Crippen LogP contribution in [0.2, 0.25) is 0 Å². The highest BCUT2D eigenvalue weighted by Crippen LogP contribution is 2.31. The topological polar surface area (TPSA) is 35.2 Å². The van der Waals surface area contributed by atoms with Crippen LogP contribution in [-0.4, -0.2) is 0 Å². The van der Waals surface area contributed by atoms with Crippen LogP contribution in [0.3, 0.4) is 0 Å². The fraction of sp³-hybridized carbons (Fsp3) is 0.250. The first-order valence-electron chi connectivity index (χ1n) is 6.43. The summed E-state index contributed by atoms with van der Waals surface area (Å²) >= 11 is 0. The smallest absolute Gasteiger partial charge is 0.416 e. The van der Waals surface area contributed by atoms with E-state index in [1.165, 1.54) is 6.07 Å². The fourth-order valence-electron chi connectivity index (χ4n) is 2.06. The Labute approximate surface area is 121 Å². The van der Waals surface area contributed by atoms with E-state index in [1.807, 2.05) is 19.9 Å². The molecule has 0 saturated carbocycles. The second-order valence-electron chi connectivity index (χ2n) is 4.91. The number of alkyl halides is 3. The lowest BCUT2D eigenvalue weighted by Crippen LogP contribution is -2.06. The molecule has 0 unspecified atom stereocenters. The molecule has 0 aliphatic rings. The lowest BCUT2D eigenvalue weighted by Gasteiger charge is -2.14. The lowest BCUT2D eigenvalue weighted by atomic mass is 10.1. The molecule has 0 spiro atoms. The van der Waals surface area contributed by atoms with Crippen LogP contribution in [0, 0.1) is 13.8 Å². The molecule has 21 heavy (non-hydrogen) atoms. The summed E-state index contributed by atoms with van der Waals surface area (Å²) in [4.78, 5) is 0. The Morgan fingerprint density at radius 2 is 1.81 bits per heavy atom. The van der Waals surface area contributed by atoms with Crippen LogP contribution in [0.25, 0.3) is 0 Å². The zero-order chi connectivity index (χ0) is 15.6. The van der Waals surface area contributed by atoms with E-state index < -0.39 is 11.7 Å². The quantitative estimate of drug-likeness (QED) is 0.847. The van der Waals surface area contributed by atoms with Crippen molar-refractivity contribution in [3.8, 4) is 5.75 Å². The Bertz CT molecular complexity index is 650. The van der Waals surface area contributed by atoms with Gasteiger partial charge in [0.1, 0.15) is 12.4 Å². The van der Waals surface area contributed by atoms with Gasteiger partial charge in [0.25, 0.3) is 0 Å². The molecular weight excluding hydrogens is 279 g/mol. The van der Waals surface area contributed by atoms with E-state index in [2.05, 4.69) is 0 Å². The predicted octanol–water partition coefficient (Wildman–Crippen LogP) is 4.48. The zero-order valence-corrected chi connectivity index (χ0v) is 11.8. The van der Waals surface area contributed by atoms with E-state index in [4.69, 9.17) is 10.5 Å². The summed E-state index contributed by atoms with van der Waals surface area (Å²) in [5.41, 5.74) is 7.89. The lowest BCUT2D eigenvalue weighted by molar-refractivity contribution is -0.137. The third kappa shape index (κ3) is 3.48. The Kier molecular flexibility index (Phi) is 4.11. The Hall–Kier alpha value is -2.17. The fourth-order valence-corrected chi connectivity index (χ4v) is 2.06. The summed E-state index contributed by atoms with van der Waals surface area (Å²) in [6.07, 6.45) is -4.35. The van der Waals surface area contributed by atoms with Gasteiger partial charge in [0.2, 0.25) is 0 Å². The number of halogens is 3. The van der Waals surface area contributed by atoms with Gasteiger partial charge in [-0.3, -0.25) is 0 Å². The Morgan fingerprint density at radius 1 is 1.10 bits per heavy atom. The summed E-state index contributed by atoms with van der Waals surface area (Å²) in [5.74, 6) is 0.618. The highest BCUT2D eigenvalue weighted by atomic mass is 19.4. The molecule has 2 aromatic rings. The van der Waals surface area contributed by atoms with Crippen LogP contribution < -0.4 is 10.5 Å². The molecule has 2 rings (SSSR count). The normalized spacial score (nSPS) is 11.5. The van der Waals surface area contributed by atoms with Gasteiger partial charge in [-0.25, -0.2) is 0 Å². The van der Waals surface area contributed by atoms with E-state index in [-0.39, 0.29) is 6.61 Å². The van der Waals surface area contributed by atoms with Crippen molar-refractivity contribution in [3.63, 3.8) is 0 Å². The van der Waals surface area contributed by atoms with Crippen LogP contribution in [-0.2, 0) is 12.8 Å². The largest absolute Gasteiger partial charge is 0.488 e. The Balaban J connectivity index is 2.20. The van der Waals surface area contributed by atoms with Crippen molar-refractivity contribution in [2.45, 2.75) is 26.6 Å². The molecule has 0 radical (unpaired) electrons.